The number of nitrogens with two attached hydrogens (primary N) is 1. The Bertz CT molecular complexity index is 261. The maximum absolute atomic E-state index is 11.8. The lowest BCUT2D eigenvalue weighted by Crippen LogP contribution is -2.51. The Morgan fingerprint density at radius 1 is 1.56 bits per heavy atom. The van der Waals surface area contributed by atoms with E-state index in [2.05, 4.69) is 17.1 Å². The fourth-order valence-corrected chi connectivity index (χ4v) is 2.04. The highest BCUT2D eigenvalue weighted by Gasteiger charge is 2.23. The van der Waals surface area contributed by atoms with E-state index in [-0.39, 0.29) is 17.9 Å². The number of hydrogen-bond donors (Lipinski definition) is 2. The number of ether oxygens (including phenoxy) is 1. The van der Waals surface area contributed by atoms with Crippen LogP contribution in [0.5, 0.6) is 0 Å². The van der Waals surface area contributed by atoms with E-state index in [1.54, 1.807) is 0 Å². The molecule has 18 heavy (non-hydrogen) atoms. The van der Waals surface area contributed by atoms with E-state index in [1.807, 2.05) is 13.8 Å². The SMILES string of the molecule is CCC(C)[C@H](N)C(=O)NCC1CN(CC)CCO1. The zero-order valence-electron chi connectivity index (χ0n) is 11.8. The zero-order chi connectivity index (χ0) is 13.5. The molecule has 1 amide bonds. The van der Waals surface area contributed by atoms with Crippen LogP contribution in [0.4, 0.5) is 0 Å². The van der Waals surface area contributed by atoms with Crippen LogP contribution in [-0.2, 0) is 9.53 Å². The lowest BCUT2D eigenvalue weighted by molar-refractivity contribution is -0.124. The molecule has 3 N–H and O–H groups in total. The average Bonchev–Trinajstić information content (AvgIpc) is 2.43. The summed E-state index contributed by atoms with van der Waals surface area (Å²) in [7, 11) is 0. The van der Waals surface area contributed by atoms with Crippen LogP contribution in [-0.4, -0.2) is 55.7 Å². The van der Waals surface area contributed by atoms with Gasteiger partial charge in [-0.05, 0) is 12.5 Å². The predicted molar refractivity (Wildman–Crippen MR) is 72.3 cm³/mol. The predicted octanol–water partition coefficient (Wildman–Crippen LogP) is 0.197. The second-order valence-electron chi connectivity index (χ2n) is 5.04. The molecule has 0 radical (unpaired) electrons. The molecule has 0 bridgehead atoms. The van der Waals surface area contributed by atoms with Crippen molar-refractivity contribution in [3.63, 3.8) is 0 Å². The number of morpholine rings is 1. The topological polar surface area (TPSA) is 67.6 Å². The van der Waals surface area contributed by atoms with Crippen molar-refractivity contribution in [2.24, 2.45) is 11.7 Å². The Kier molecular flexibility index (Phi) is 6.60. The number of likely N-dealkylation sites (N-methyl/N-ethyl adjacent to an activating group) is 1. The van der Waals surface area contributed by atoms with Crippen molar-refractivity contribution in [2.45, 2.75) is 39.3 Å². The Labute approximate surface area is 110 Å². The van der Waals surface area contributed by atoms with Gasteiger partial charge in [0.25, 0.3) is 0 Å². The lowest BCUT2D eigenvalue weighted by atomic mass is 9.99. The molecule has 0 aliphatic carbocycles. The molecule has 1 rings (SSSR count). The first-order valence-electron chi connectivity index (χ1n) is 6.95. The van der Waals surface area contributed by atoms with Gasteiger partial charge in [-0.1, -0.05) is 27.2 Å². The van der Waals surface area contributed by atoms with Gasteiger partial charge in [0.05, 0.1) is 18.8 Å². The highest BCUT2D eigenvalue weighted by Crippen LogP contribution is 2.06. The number of hydrogen-bond acceptors (Lipinski definition) is 4. The molecule has 5 nitrogen and oxygen atoms in total. The normalized spacial score (nSPS) is 24.6. The van der Waals surface area contributed by atoms with Crippen molar-refractivity contribution in [1.82, 2.24) is 10.2 Å². The Morgan fingerprint density at radius 3 is 2.89 bits per heavy atom. The van der Waals surface area contributed by atoms with Gasteiger partial charge in [0, 0.05) is 19.6 Å². The smallest absolute Gasteiger partial charge is 0.237 e. The molecule has 1 fully saturated rings. The second-order valence-corrected chi connectivity index (χ2v) is 5.04. The van der Waals surface area contributed by atoms with E-state index < -0.39 is 6.04 Å². The van der Waals surface area contributed by atoms with Gasteiger partial charge in [0.2, 0.25) is 5.91 Å². The zero-order valence-corrected chi connectivity index (χ0v) is 11.8. The molecule has 0 aromatic carbocycles. The lowest BCUT2D eigenvalue weighted by Gasteiger charge is -2.32. The van der Waals surface area contributed by atoms with Gasteiger partial charge in [-0.15, -0.1) is 0 Å². The molecule has 0 aromatic heterocycles. The maximum Gasteiger partial charge on any atom is 0.237 e. The van der Waals surface area contributed by atoms with Gasteiger partial charge in [0.15, 0.2) is 0 Å². The van der Waals surface area contributed by atoms with Gasteiger partial charge in [-0.2, -0.15) is 0 Å². The summed E-state index contributed by atoms with van der Waals surface area (Å²) in [6, 6.07) is -0.416. The average molecular weight is 257 g/mol. The third kappa shape index (κ3) is 4.55. The van der Waals surface area contributed by atoms with Crippen molar-refractivity contribution >= 4 is 5.91 Å². The van der Waals surface area contributed by atoms with Crippen molar-refractivity contribution in [2.75, 3.05) is 32.8 Å². The van der Waals surface area contributed by atoms with E-state index in [0.29, 0.717) is 6.54 Å². The maximum atomic E-state index is 11.8. The van der Waals surface area contributed by atoms with Crippen LogP contribution in [0.3, 0.4) is 0 Å². The molecular formula is C13H27N3O2. The van der Waals surface area contributed by atoms with Crippen LogP contribution < -0.4 is 11.1 Å². The summed E-state index contributed by atoms with van der Waals surface area (Å²) >= 11 is 0. The third-order valence-electron chi connectivity index (χ3n) is 3.73. The van der Waals surface area contributed by atoms with Crippen LogP contribution >= 0.6 is 0 Å². The standard InChI is InChI=1S/C13H27N3O2/c1-4-10(3)12(14)13(17)15-8-11-9-16(5-2)6-7-18-11/h10-12H,4-9,14H2,1-3H3,(H,15,17)/t10?,11?,12-/m0/s1. The minimum atomic E-state index is -0.416. The molecule has 1 saturated heterocycles. The molecule has 2 unspecified atom stereocenters. The summed E-state index contributed by atoms with van der Waals surface area (Å²) in [6.07, 6.45) is 1.00. The van der Waals surface area contributed by atoms with Gasteiger partial charge >= 0.3 is 0 Å². The van der Waals surface area contributed by atoms with Gasteiger partial charge < -0.3 is 15.8 Å². The first-order valence-corrected chi connectivity index (χ1v) is 6.95. The molecule has 5 heteroatoms. The van der Waals surface area contributed by atoms with Crippen LogP contribution in [0.15, 0.2) is 0 Å². The largest absolute Gasteiger partial charge is 0.374 e. The number of amides is 1. The van der Waals surface area contributed by atoms with Crippen LogP contribution in [0, 0.1) is 5.92 Å². The summed E-state index contributed by atoms with van der Waals surface area (Å²) in [5, 5.41) is 2.90. The summed E-state index contributed by atoms with van der Waals surface area (Å²) in [5.41, 5.74) is 5.88. The first-order chi connectivity index (χ1) is 8.58. The number of nitrogens with one attached hydrogen (secondary N) is 1. The molecule has 0 saturated carbocycles. The van der Waals surface area contributed by atoms with Gasteiger partial charge in [-0.25, -0.2) is 0 Å². The summed E-state index contributed by atoms with van der Waals surface area (Å²) in [5.74, 6) is 0.144. The second kappa shape index (κ2) is 7.71. The van der Waals surface area contributed by atoms with Gasteiger partial charge in [0.1, 0.15) is 0 Å². The Balaban J connectivity index is 2.29. The monoisotopic (exact) mass is 257 g/mol. The number of rotatable bonds is 6. The van der Waals surface area contributed by atoms with Crippen molar-refractivity contribution in [3.05, 3.63) is 0 Å². The van der Waals surface area contributed by atoms with E-state index in [9.17, 15) is 4.79 Å². The van der Waals surface area contributed by atoms with Crippen molar-refractivity contribution < 1.29 is 9.53 Å². The molecule has 3 atom stereocenters. The number of nitrogens with zero attached hydrogens (tertiary/aromatic N) is 1. The van der Waals surface area contributed by atoms with Crippen molar-refractivity contribution in [3.8, 4) is 0 Å². The Hall–Kier alpha value is -0.650. The Morgan fingerprint density at radius 2 is 2.28 bits per heavy atom. The minimum absolute atomic E-state index is 0.0680. The van der Waals surface area contributed by atoms with E-state index in [0.717, 1.165) is 32.7 Å². The summed E-state index contributed by atoms with van der Waals surface area (Å²) in [6.45, 7) is 10.4. The minimum Gasteiger partial charge on any atom is -0.374 e. The van der Waals surface area contributed by atoms with Crippen molar-refractivity contribution in [1.29, 1.82) is 0 Å². The molecule has 1 heterocycles. The molecule has 1 aliphatic rings. The fraction of sp³-hybridized carbons (Fsp3) is 0.923. The molecule has 0 aromatic rings. The third-order valence-corrected chi connectivity index (χ3v) is 3.73. The quantitative estimate of drug-likeness (QED) is 0.713. The van der Waals surface area contributed by atoms with Crippen LogP contribution in [0.25, 0.3) is 0 Å². The fourth-order valence-electron chi connectivity index (χ4n) is 2.04. The number of carbonyl (C=O) groups excluding carboxylic acids is 1. The first kappa shape index (κ1) is 15.4. The van der Waals surface area contributed by atoms with E-state index in [1.165, 1.54) is 0 Å². The van der Waals surface area contributed by atoms with E-state index >= 15 is 0 Å². The van der Waals surface area contributed by atoms with Gasteiger partial charge in [-0.3, -0.25) is 9.69 Å². The highest BCUT2D eigenvalue weighted by atomic mass is 16.5. The van der Waals surface area contributed by atoms with Crippen LogP contribution in [0.2, 0.25) is 0 Å². The highest BCUT2D eigenvalue weighted by molar-refractivity contribution is 5.81. The number of carbonyl (C=O) groups is 1. The molecule has 0 spiro atoms. The summed E-state index contributed by atoms with van der Waals surface area (Å²) in [4.78, 5) is 14.2. The molecular weight excluding hydrogens is 230 g/mol. The van der Waals surface area contributed by atoms with Crippen LogP contribution in [0.1, 0.15) is 27.2 Å². The molecule has 1 aliphatic heterocycles. The summed E-state index contributed by atoms with van der Waals surface area (Å²) < 4.78 is 5.63. The molecule has 106 valence electrons. The van der Waals surface area contributed by atoms with E-state index in [4.69, 9.17) is 10.5 Å².